The van der Waals surface area contributed by atoms with Crippen molar-refractivity contribution in [3.8, 4) is 0 Å². The molecule has 0 aliphatic heterocycles. The lowest BCUT2D eigenvalue weighted by Crippen LogP contribution is -2.45. The first kappa shape index (κ1) is 16.8. The predicted molar refractivity (Wildman–Crippen MR) is 76.1 cm³/mol. The van der Waals surface area contributed by atoms with E-state index < -0.39 is 5.41 Å². The van der Waals surface area contributed by atoms with E-state index in [0.717, 1.165) is 6.42 Å². The van der Waals surface area contributed by atoms with Crippen LogP contribution in [0.1, 0.15) is 40.5 Å². The van der Waals surface area contributed by atoms with E-state index in [4.69, 9.17) is 18.0 Å². The van der Waals surface area contributed by atoms with Crippen LogP contribution in [0, 0.1) is 5.41 Å². The number of rotatable bonds is 7. The third kappa shape index (κ3) is 5.44. The van der Waals surface area contributed by atoms with Gasteiger partial charge in [0.15, 0.2) is 0 Å². The van der Waals surface area contributed by atoms with Crippen LogP contribution in [0.2, 0.25) is 0 Å². The van der Waals surface area contributed by atoms with E-state index in [9.17, 15) is 9.59 Å². The fourth-order valence-corrected chi connectivity index (χ4v) is 1.16. The molecule has 0 fully saturated rings. The molecule has 0 aromatic rings. The van der Waals surface area contributed by atoms with Gasteiger partial charge >= 0.3 is 0 Å². The molecule has 0 aromatic carbocycles. The summed E-state index contributed by atoms with van der Waals surface area (Å²) in [6.45, 7) is 7.53. The molecule has 0 aromatic heterocycles. The van der Waals surface area contributed by atoms with Crippen LogP contribution in [-0.4, -0.2) is 29.4 Å². The monoisotopic (exact) mass is 273 g/mol. The number of nitrogens with two attached hydrogens (primary N) is 1. The Morgan fingerprint density at radius 3 is 2.39 bits per heavy atom. The summed E-state index contributed by atoms with van der Waals surface area (Å²) in [4.78, 5) is 23.4. The average molecular weight is 273 g/mol. The molecule has 1 atom stereocenters. The number of carbonyl (C=O) groups excluding carboxylic acids is 2. The van der Waals surface area contributed by atoms with Crippen molar-refractivity contribution in [3.05, 3.63) is 0 Å². The molecule has 0 heterocycles. The summed E-state index contributed by atoms with van der Waals surface area (Å²) in [5.74, 6) is -0.330. The molecular weight excluding hydrogens is 250 g/mol. The molecule has 2 amide bonds. The molecule has 0 aliphatic rings. The van der Waals surface area contributed by atoms with Crippen molar-refractivity contribution in [2.75, 3.05) is 6.54 Å². The van der Waals surface area contributed by atoms with Gasteiger partial charge in [-0.05, 0) is 27.2 Å². The van der Waals surface area contributed by atoms with E-state index in [-0.39, 0.29) is 35.8 Å². The van der Waals surface area contributed by atoms with Crippen LogP contribution in [0.5, 0.6) is 0 Å². The quantitative estimate of drug-likeness (QED) is 0.597. The van der Waals surface area contributed by atoms with Crippen LogP contribution in [-0.2, 0) is 9.59 Å². The molecule has 18 heavy (non-hydrogen) atoms. The summed E-state index contributed by atoms with van der Waals surface area (Å²) >= 11 is 4.82. The van der Waals surface area contributed by atoms with Gasteiger partial charge in [0.05, 0.1) is 10.4 Å². The number of hydrogen-bond acceptors (Lipinski definition) is 3. The van der Waals surface area contributed by atoms with Crippen molar-refractivity contribution >= 4 is 29.0 Å². The number of carbonyl (C=O) groups is 2. The molecule has 104 valence electrons. The largest absolute Gasteiger partial charge is 0.392 e. The van der Waals surface area contributed by atoms with Crippen molar-refractivity contribution in [1.82, 2.24) is 10.6 Å². The first-order valence-electron chi connectivity index (χ1n) is 6.09. The Balaban J connectivity index is 4.02. The van der Waals surface area contributed by atoms with Crippen molar-refractivity contribution in [1.29, 1.82) is 0 Å². The maximum absolute atomic E-state index is 11.8. The number of amides is 2. The van der Waals surface area contributed by atoms with Gasteiger partial charge in [-0.3, -0.25) is 9.59 Å². The number of nitrogens with one attached hydrogen (secondary N) is 2. The van der Waals surface area contributed by atoms with Gasteiger partial charge in [-0.2, -0.15) is 0 Å². The summed E-state index contributed by atoms with van der Waals surface area (Å²) in [6.07, 6.45) is 1.13. The zero-order valence-corrected chi connectivity index (χ0v) is 12.3. The van der Waals surface area contributed by atoms with Gasteiger partial charge in [-0.1, -0.05) is 19.1 Å². The maximum atomic E-state index is 11.8. The highest BCUT2D eigenvalue weighted by molar-refractivity contribution is 7.80. The average Bonchev–Trinajstić information content (AvgIpc) is 2.28. The molecule has 0 spiro atoms. The highest BCUT2D eigenvalue weighted by Crippen LogP contribution is 2.14. The second-order valence-corrected chi connectivity index (χ2v) is 5.31. The molecule has 5 nitrogen and oxygen atoms in total. The first-order valence-corrected chi connectivity index (χ1v) is 6.50. The van der Waals surface area contributed by atoms with E-state index in [1.165, 1.54) is 0 Å². The first-order chi connectivity index (χ1) is 8.21. The molecule has 1 unspecified atom stereocenters. The molecule has 0 rings (SSSR count). The zero-order valence-electron chi connectivity index (χ0n) is 11.5. The summed E-state index contributed by atoms with van der Waals surface area (Å²) < 4.78 is 0. The zero-order chi connectivity index (χ0) is 14.3. The summed E-state index contributed by atoms with van der Waals surface area (Å²) in [7, 11) is 0. The van der Waals surface area contributed by atoms with E-state index in [2.05, 4.69) is 10.6 Å². The Hall–Kier alpha value is -1.17. The molecular formula is C12H23N3O2S. The highest BCUT2D eigenvalue weighted by Gasteiger charge is 2.30. The predicted octanol–water partition coefficient (Wildman–Crippen LogP) is 0.720. The Bertz CT molecular complexity index is 329. The highest BCUT2D eigenvalue weighted by atomic mass is 32.1. The van der Waals surface area contributed by atoms with E-state index >= 15 is 0 Å². The van der Waals surface area contributed by atoms with Gasteiger partial charge in [0.1, 0.15) is 0 Å². The number of hydrogen-bond donors (Lipinski definition) is 3. The normalized spacial score (nSPS) is 12.7. The van der Waals surface area contributed by atoms with Gasteiger partial charge in [-0.15, -0.1) is 0 Å². The molecule has 0 radical (unpaired) electrons. The van der Waals surface area contributed by atoms with Gasteiger partial charge in [0, 0.05) is 19.0 Å². The third-order valence-electron chi connectivity index (χ3n) is 2.84. The van der Waals surface area contributed by atoms with Crippen LogP contribution in [0.4, 0.5) is 0 Å². The minimum atomic E-state index is -0.886. The fourth-order valence-electron chi connectivity index (χ4n) is 1.07. The van der Waals surface area contributed by atoms with E-state index in [1.54, 1.807) is 13.8 Å². The van der Waals surface area contributed by atoms with Crippen LogP contribution >= 0.6 is 12.2 Å². The smallest absolute Gasteiger partial charge is 0.232 e. The second-order valence-electron chi connectivity index (χ2n) is 4.87. The molecule has 4 N–H and O–H groups in total. The standard InChI is InChI=1S/C12H23N3O2S/c1-5-8(2)15-9(16)6-7-14-11(17)12(3,4)10(13)18/h8H,5-7H2,1-4H3,(H2,13,18)(H,14,17)(H,15,16). The lowest BCUT2D eigenvalue weighted by atomic mass is 9.92. The fraction of sp³-hybridized carbons (Fsp3) is 0.750. The minimum Gasteiger partial charge on any atom is -0.392 e. The van der Waals surface area contributed by atoms with Gasteiger partial charge in [-0.25, -0.2) is 0 Å². The van der Waals surface area contributed by atoms with Crippen LogP contribution in [0.25, 0.3) is 0 Å². The van der Waals surface area contributed by atoms with Crippen molar-refractivity contribution in [3.63, 3.8) is 0 Å². The molecule has 0 saturated heterocycles. The summed E-state index contributed by atoms with van der Waals surface area (Å²) in [5, 5.41) is 5.48. The SMILES string of the molecule is CCC(C)NC(=O)CCNC(=O)C(C)(C)C(N)=S. The van der Waals surface area contributed by atoms with E-state index in [0.29, 0.717) is 0 Å². The van der Waals surface area contributed by atoms with Crippen LogP contribution in [0.3, 0.4) is 0 Å². The Morgan fingerprint density at radius 1 is 1.39 bits per heavy atom. The van der Waals surface area contributed by atoms with Gasteiger partial charge in [0.2, 0.25) is 11.8 Å². The van der Waals surface area contributed by atoms with Gasteiger partial charge < -0.3 is 16.4 Å². The van der Waals surface area contributed by atoms with Crippen molar-refractivity contribution in [2.24, 2.45) is 11.1 Å². The third-order valence-corrected chi connectivity index (χ3v) is 3.35. The molecule has 6 heteroatoms. The lowest BCUT2D eigenvalue weighted by molar-refractivity contribution is -0.126. The molecule has 0 aliphatic carbocycles. The van der Waals surface area contributed by atoms with Crippen molar-refractivity contribution in [2.45, 2.75) is 46.6 Å². The maximum Gasteiger partial charge on any atom is 0.232 e. The lowest BCUT2D eigenvalue weighted by Gasteiger charge is -2.21. The van der Waals surface area contributed by atoms with Gasteiger partial charge in [0.25, 0.3) is 0 Å². The summed E-state index contributed by atoms with van der Waals surface area (Å²) in [5.41, 5.74) is 4.59. The number of thiocarbonyl (C=S) groups is 1. The Labute approximate surface area is 114 Å². The second kappa shape index (κ2) is 7.31. The molecule has 0 bridgehead atoms. The van der Waals surface area contributed by atoms with Crippen LogP contribution in [0.15, 0.2) is 0 Å². The Kier molecular flexibility index (Phi) is 6.83. The minimum absolute atomic E-state index is 0.0715. The van der Waals surface area contributed by atoms with Crippen LogP contribution < -0.4 is 16.4 Å². The topological polar surface area (TPSA) is 84.2 Å². The Morgan fingerprint density at radius 2 is 1.94 bits per heavy atom. The van der Waals surface area contributed by atoms with Crippen molar-refractivity contribution < 1.29 is 9.59 Å². The summed E-state index contributed by atoms with van der Waals surface area (Å²) in [6, 6.07) is 0.154. The van der Waals surface area contributed by atoms with E-state index in [1.807, 2.05) is 13.8 Å². The molecule has 0 saturated carbocycles.